The molecule has 138 valence electrons. The van der Waals surface area contributed by atoms with Gasteiger partial charge in [0.25, 0.3) is 5.91 Å². The number of carbonyl (C=O) groups excluding carboxylic acids is 2. The fraction of sp³-hybridized carbons (Fsp3) is 0.421. The van der Waals surface area contributed by atoms with Gasteiger partial charge < -0.3 is 19.0 Å². The molecule has 1 aromatic heterocycles. The highest BCUT2D eigenvalue weighted by Crippen LogP contribution is 2.20. The van der Waals surface area contributed by atoms with Gasteiger partial charge in [0.05, 0.1) is 18.4 Å². The predicted octanol–water partition coefficient (Wildman–Crippen LogP) is 2.29. The molecule has 1 aromatic carbocycles. The molecule has 1 aliphatic heterocycles. The number of piperazine rings is 1. The number of methoxy groups -OCH3 is 1. The topological polar surface area (TPSA) is 75.9 Å². The Kier molecular flexibility index (Phi) is 5.25. The minimum absolute atomic E-state index is 0.101. The molecule has 2 heterocycles. The number of oxazole rings is 1. The molecular formula is C19H23N3O4. The number of amides is 1. The molecule has 0 unspecified atom stereocenters. The molecule has 0 bridgehead atoms. The van der Waals surface area contributed by atoms with E-state index >= 15 is 0 Å². The van der Waals surface area contributed by atoms with Gasteiger partial charge in [0.1, 0.15) is 0 Å². The number of esters is 1. The van der Waals surface area contributed by atoms with E-state index in [1.807, 2.05) is 19.1 Å². The van der Waals surface area contributed by atoms with Crippen LogP contribution in [0.15, 0.2) is 28.7 Å². The lowest BCUT2D eigenvalue weighted by Gasteiger charge is -2.35. The summed E-state index contributed by atoms with van der Waals surface area (Å²) in [5.41, 5.74) is 2.19. The van der Waals surface area contributed by atoms with Gasteiger partial charge in [-0.15, -0.1) is 0 Å². The summed E-state index contributed by atoms with van der Waals surface area (Å²) < 4.78 is 10.3. The van der Waals surface area contributed by atoms with E-state index in [2.05, 4.69) is 9.88 Å². The molecule has 3 rings (SSSR count). The van der Waals surface area contributed by atoms with E-state index in [9.17, 15) is 9.59 Å². The van der Waals surface area contributed by atoms with Crippen molar-refractivity contribution in [3.8, 4) is 0 Å². The second kappa shape index (κ2) is 7.59. The highest BCUT2D eigenvalue weighted by atomic mass is 16.5. The van der Waals surface area contributed by atoms with Crippen molar-refractivity contribution in [2.75, 3.05) is 38.2 Å². The van der Waals surface area contributed by atoms with E-state index in [0.717, 1.165) is 18.8 Å². The number of aryl methyl sites for hydroxylation is 2. The predicted molar refractivity (Wildman–Crippen MR) is 96.5 cm³/mol. The lowest BCUT2D eigenvalue weighted by molar-refractivity contribution is 0.0600. The Bertz CT molecular complexity index is 790. The number of rotatable bonds is 4. The van der Waals surface area contributed by atoms with Crippen molar-refractivity contribution in [1.82, 2.24) is 9.88 Å². The Morgan fingerprint density at radius 1 is 1.15 bits per heavy atom. The largest absolute Gasteiger partial charge is 0.465 e. The van der Waals surface area contributed by atoms with Gasteiger partial charge in [-0.05, 0) is 31.2 Å². The summed E-state index contributed by atoms with van der Waals surface area (Å²) in [6.45, 7) is 6.41. The van der Waals surface area contributed by atoms with Crippen LogP contribution in [0.3, 0.4) is 0 Å². The minimum Gasteiger partial charge on any atom is -0.465 e. The zero-order valence-electron chi connectivity index (χ0n) is 15.3. The lowest BCUT2D eigenvalue weighted by atomic mass is 10.1. The number of benzene rings is 1. The normalized spacial score (nSPS) is 14.4. The van der Waals surface area contributed by atoms with Crippen LogP contribution in [0.1, 0.15) is 39.4 Å². The number of carbonyl (C=O) groups is 2. The summed E-state index contributed by atoms with van der Waals surface area (Å²) in [6.07, 6.45) is 0.670. The number of nitrogens with zero attached hydrogens (tertiary/aromatic N) is 3. The van der Waals surface area contributed by atoms with Gasteiger partial charge in [0.15, 0.2) is 5.89 Å². The molecule has 0 N–H and O–H groups in total. The first-order valence-corrected chi connectivity index (χ1v) is 8.72. The second-order valence-electron chi connectivity index (χ2n) is 6.19. The first-order valence-electron chi connectivity index (χ1n) is 8.72. The molecule has 7 nitrogen and oxygen atoms in total. The first-order chi connectivity index (χ1) is 12.5. The van der Waals surface area contributed by atoms with Crippen LogP contribution >= 0.6 is 0 Å². The molecule has 0 saturated carbocycles. The van der Waals surface area contributed by atoms with Crippen molar-refractivity contribution in [3.05, 3.63) is 47.2 Å². The maximum Gasteiger partial charge on any atom is 0.337 e. The van der Waals surface area contributed by atoms with Crippen molar-refractivity contribution < 1.29 is 18.7 Å². The number of aromatic nitrogens is 1. The van der Waals surface area contributed by atoms with Crippen LogP contribution in [0.4, 0.5) is 5.69 Å². The van der Waals surface area contributed by atoms with E-state index in [4.69, 9.17) is 9.15 Å². The second-order valence-corrected chi connectivity index (χ2v) is 6.19. The quantitative estimate of drug-likeness (QED) is 0.782. The van der Waals surface area contributed by atoms with Gasteiger partial charge in [-0.2, -0.15) is 0 Å². The summed E-state index contributed by atoms with van der Waals surface area (Å²) in [5, 5.41) is 0. The number of hydrogen-bond acceptors (Lipinski definition) is 6. The van der Waals surface area contributed by atoms with Crippen LogP contribution in [-0.2, 0) is 11.2 Å². The lowest BCUT2D eigenvalue weighted by Crippen LogP contribution is -2.48. The fourth-order valence-corrected chi connectivity index (χ4v) is 3.04. The standard InChI is InChI=1S/C19H23N3O4/c1-4-16-20-13(2)17(26-16)18(23)22-11-9-21(10-12-22)15-7-5-14(6-8-15)19(24)25-3/h5-8H,4,9-12H2,1-3H3. The number of ether oxygens (including phenoxy) is 1. The molecule has 1 amide bonds. The Labute approximate surface area is 152 Å². The number of anilines is 1. The average Bonchev–Trinajstić information content (AvgIpc) is 3.08. The van der Waals surface area contributed by atoms with Crippen LogP contribution in [0.5, 0.6) is 0 Å². The van der Waals surface area contributed by atoms with Crippen LogP contribution in [0.25, 0.3) is 0 Å². The van der Waals surface area contributed by atoms with E-state index < -0.39 is 0 Å². The third-order valence-electron chi connectivity index (χ3n) is 4.56. The third-order valence-corrected chi connectivity index (χ3v) is 4.56. The number of hydrogen-bond donors (Lipinski definition) is 0. The maximum atomic E-state index is 12.7. The molecule has 7 heteroatoms. The van der Waals surface area contributed by atoms with E-state index in [-0.39, 0.29) is 11.9 Å². The SMILES string of the molecule is CCc1nc(C)c(C(=O)N2CCN(c3ccc(C(=O)OC)cc3)CC2)o1. The molecule has 1 aliphatic rings. The van der Waals surface area contributed by atoms with E-state index in [1.165, 1.54) is 7.11 Å². The van der Waals surface area contributed by atoms with Gasteiger partial charge in [0, 0.05) is 38.3 Å². The van der Waals surface area contributed by atoms with Crippen molar-refractivity contribution in [2.24, 2.45) is 0 Å². The van der Waals surface area contributed by atoms with Crippen LogP contribution in [0, 0.1) is 6.92 Å². The van der Waals surface area contributed by atoms with Gasteiger partial charge in [-0.3, -0.25) is 4.79 Å². The van der Waals surface area contributed by atoms with Crippen molar-refractivity contribution in [3.63, 3.8) is 0 Å². The average molecular weight is 357 g/mol. The molecule has 1 saturated heterocycles. The molecule has 0 atom stereocenters. The molecule has 2 aromatic rings. The van der Waals surface area contributed by atoms with Crippen LogP contribution in [-0.4, -0.2) is 55.0 Å². The van der Waals surface area contributed by atoms with Crippen molar-refractivity contribution in [2.45, 2.75) is 20.3 Å². The smallest absolute Gasteiger partial charge is 0.337 e. The highest BCUT2D eigenvalue weighted by Gasteiger charge is 2.26. The van der Waals surface area contributed by atoms with Crippen LogP contribution in [0.2, 0.25) is 0 Å². The molecular weight excluding hydrogens is 334 g/mol. The zero-order chi connectivity index (χ0) is 18.7. The molecule has 0 radical (unpaired) electrons. The van der Waals surface area contributed by atoms with Crippen molar-refractivity contribution in [1.29, 1.82) is 0 Å². The third kappa shape index (κ3) is 3.56. The zero-order valence-corrected chi connectivity index (χ0v) is 15.3. The Hall–Kier alpha value is -2.83. The highest BCUT2D eigenvalue weighted by molar-refractivity contribution is 5.92. The Balaban J connectivity index is 1.62. The van der Waals surface area contributed by atoms with Gasteiger partial charge >= 0.3 is 5.97 Å². The maximum absolute atomic E-state index is 12.7. The first kappa shape index (κ1) is 18.0. The molecule has 0 spiro atoms. The monoisotopic (exact) mass is 357 g/mol. The summed E-state index contributed by atoms with van der Waals surface area (Å²) in [6, 6.07) is 7.31. The van der Waals surface area contributed by atoms with Crippen molar-refractivity contribution >= 4 is 17.6 Å². The summed E-state index contributed by atoms with van der Waals surface area (Å²) in [7, 11) is 1.37. The Morgan fingerprint density at radius 3 is 2.35 bits per heavy atom. The minimum atomic E-state index is -0.346. The van der Waals surface area contributed by atoms with E-state index in [1.54, 1.807) is 24.0 Å². The van der Waals surface area contributed by atoms with Gasteiger partial charge in [-0.25, -0.2) is 9.78 Å². The van der Waals surface area contributed by atoms with Gasteiger partial charge in [0.2, 0.25) is 5.76 Å². The summed E-state index contributed by atoms with van der Waals surface area (Å²) >= 11 is 0. The van der Waals surface area contributed by atoms with Crippen LogP contribution < -0.4 is 4.90 Å². The van der Waals surface area contributed by atoms with E-state index in [0.29, 0.717) is 42.4 Å². The summed E-state index contributed by atoms with van der Waals surface area (Å²) in [5.74, 6) is 0.490. The molecule has 1 fully saturated rings. The summed E-state index contributed by atoms with van der Waals surface area (Å²) in [4.78, 5) is 32.4. The molecule has 26 heavy (non-hydrogen) atoms. The molecule has 0 aliphatic carbocycles. The fourth-order valence-electron chi connectivity index (χ4n) is 3.04. The Morgan fingerprint density at radius 2 is 1.81 bits per heavy atom. The van der Waals surface area contributed by atoms with Gasteiger partial charge in [-0.1, -0.05) is 6.92 Å².